The SMILES string of the molecule is O=C(NCC1CCCO1)C1CCCCC1c1nc2ccccc2c(=O)[nH]1. The molecule has 2 aliphatic rings. The summed E-state index contributed by atoms with van der Waals surface area (Å²) in [6.45, 7) is 1.36. The fourth-order valence-electron chi connectivity index (χ4n) is 4.20. The monoisotopic (exact) mass is 355 g/mol. The van der Waals surface area contributed by atoms with Crippen molar-refractivity contribution in [3.63, 3.8) is 0 Å². The minimum atomic E-state index is -0.144. The Morgan fingerprint density at radius 2 is 2.04 bits per heavy atom. The second-order valence-corrected chi connectivity index (χ2v) is 7.35. The number of H-pyrrole nitrogens is 1. The first-order chi connectivity index (χ1) is 12.7. The lowest BCUT2D eigenvalue weighted by atomic mass is 9.78. The zero-order valence-corrected chi connectivity index (χ0v) is 14.9. The van der Waals surface area contributed by atoms with Gasteiger partial charge in [-0.1, -0.05) is 25.0 Å². The quantitative estimate of drug-likeness (QED) is 0.882. The van der Waals surface area contributed by atoms with Crippen LogP contribution in [-0.2, 0) is 9.53 Å². The number of hydrogen-bond acceptors (Lipinski definition) is 4. The molecular formula is C20H25N3O3. The first-order valence-electron chi connectivity index (χ1n) is 9.60. The maximum Gasteiger partial charge on any atom is 0.258 e. The van der Waals surface area contributed by atoms with Gasteiger partial charge in [-0.05, 0) is 37.8 Å². The molecule has 1 aliphatic heterocycles. The number of benzene rings is 1. The fraction of sp³-hybridized carbons (Fsp3) is 0.550. The molecule has 1 aliphatic carbocycles. The summed E-state index contributed by atoms with van der Waals surface area (Å²) in [7, 11) is 0. The van der Waals surface area contributed by atoms with E-state index in [0.717, 1.165) is 45.1 Å². The molecule has 0 radical (unpaired) electrons. The number of fused-ring (bicyclic) bond motifs is 1. The van der Waals surface area contributed by atoms with E-state index in [-0.39, 0.29) is 29.4 Å². The second-order valence-electron chi connectivity index (χ2n) is 7.35. The Hall–Kier alpha value is -2.21. The number of amides is 1. The maximum absolute atomic E-state index is 12.8. The number of ether oxygens (including phenoxy) is 1. The van der Waals surface area contributed by atoms with Crippen molar-refractivity contribution in [2.45, 2.75) is 50.5 Å². The Bertz CT molecular complexity index is 842. The molecule has 1 saturated carbocycles. The number of rotatable bonds is 4. The van der Waals surface area contributed by atoms with Crippen LogP contribution in [0.3, 0.4) is 0 Å². The lowest BCUT2D eigenvalue weighted by molar-refractivity contribution is -0.127. The predicted octanol–water partition coefficient (Wildman–Crippen LogP) is 2.49. The van der Waals surface area contributed by atoms with Gasteiger partial charge in [0.2, 0.25) is 5.91 Å². The van der Waals surface area contributed by atoms with Crippen LogP contribution in [0.25, 0.3) is 10.9 Å². The van der Waals surface area contributed by atoms with E-state index in [9.17, 15) is 9.59 Å². The number of aromatic nitrogens is 2. The van der Waals surface area contributed by atoms with Gasteiger partial charge >= 0.3 is 0 Å². The van der Waals surface area contributed by atoms with Gasteiger partial charge in [0.25, 0.3) is 5.56 Å². The number of carbonyl (C=O) groups excluding carboxylic acids is 1. The highest BCUT2D eigenvalue weighted by atomic mass is 16.5. The van der Waals surface area contributed by atoms with Crippen LogP contribution in [0.2, 0.25) is 0 Å². The van der Waals surface area contributed by atoms with Gasteiger partial charge in [0.1, 0.15) is 5.82 Å². The minimum Gasteiger partial charge on any atom is -0.376 e. The lowest BCUT2D eigenvalue weighted by Gasteiger charge is -2.30. The smallest absolute Gasteiger partial charge is 0.258 e. The van der Waals surface area contributed by atoms with E-state index in [2.05, 4.69) is 15.3 Å². The Balaban J connectivity index is 1.55. The summed E-state index contributed by atoms with van der Waals surface area (Å²) >= 11 is 0. The topological polar surface area (TPSA) is 84.1 Å². The number of para-hydroxylation sites is 1. The van der Waals surface area contributed by atoms with Gasteiger partial charge in [-0.25, -0.2) is 4.98 Å². The molecule has 2 heterocycles. The minimum absolute atomic E-state index is 0.0365. The zero-order valence-electron chi connectivity index (χ0n) is 14.9. The van der Waals surface area contributed by atoms with Crippen molar-refractivity contribution in [1.82, 2.24) is 15.3 Å². The summed E-state index contributed by atoms with van der Waals surface area (Å²) in [5.74, 6) is 0.520. The molecular weight excluding hydrogens is 330 g/mol. The van der Waals surface area contributed by atoms with Gasteiger partial charge in [-0.2, -0.15) is 0 Å². The molecule has 1 amide bonds. The molecule has 4 rings (SSSR count). The van der Waals surface area contributed by atoms with E-state index in [1.807, 2.05) is 18.2 Å². The van der Waals surface area contributed by atoms with Crippen molar-refractivity contribution in [3.8, 4) is 0 Å². The molecule has 26 heavy (non-hydrogen) atoms. The highest BCUT2D eigenvalue weighted by molar-refractivity contribution is 5.80. The molecule has 2 aromatic rings. The van der Waals surface area contributed by atoms with E-state index < -0.39 is 0 Å². The Labute approximate surface area is 152 Å². The van der Waals surface area contributed by atoms with Gasteiger partial charge in [0, 0.05) is 25.0 Å². The van der Waals surface area contributed by atoms with Crippen molar-refractivity contribution in [2.75, 3.05) is 13.2 Å². The van der Waals surface area contributed by atoms with Crippen LogP contribution in [0.4, 0.5) is 0 Å². The second kappa shape index (κ2) is 7.58. The molecule has 1 saturated heterocycles. The van der Waals surface area contributed by atoms with Crippen LogP contribution in [0.1, 0.15) is 50.3 Å². The van der Waals surface area contributed by atoms with Crippen molar-refractivity contribution < 1.29 is 9.53 Å². The van der Waals surface area contributed by atoms with Crippen molar-refractivity contribution in [1.29, 1.82) is 0 Å². The summed E-state index contributed by atoms with van der Waals surface area (Å²) in [6.07, 6.45) is 6.00. The van der Waals surface area contributed by atoms with Crippen LogP contribution in [-0.4, -0.2) is 35.1 Å². The summed E-state index contributed by atoms with van der Waals surface area (Å²) in [6, 6.07) is 7.34. The molecule has 0 spiro atoms. The highest BCUT2D eigenvalue weighted by Crippen LogP contribution is 2.36. The highest BCUT2D eigenvalue weighted by Gasteiger charge is 2.34. The predicted molar refractivity (Wildman–Crippen MR) is 99.0 cm³/mol. The third kappa shape index (κ3) is 3.51. The van der Waals surface area contributed by atoms with Crippen LogP contribution in [0.5, 0.6) is 0 Å². The van der Waals surface area contributed by atoms with Gasteiger partial charge < -0.3 is 15.0 Å². The number of aromatic amines is 1. The van der Waals surface area contributed by atoms with E-state index >= 15 is 0 Å². The van der Waals surface area contributed by atoms with Gasteiger partial charge in [-0.3, -0.25) is 9.59 Å². The summed E-state index contributed by atoms with van der Waals surface area (Å²) < 4.78 is 5.59. The molecule has 0 bridgehead atoms. The van der Waals surface area contributed by atoms with Crippen molar-refractivity contribution >= 4 is 16.8 Å². The van der Waals surface area contributed by atoms with Crippen LogP contribution in [0, 0.1) is 5.92 Å². The molecule has 6 heteroatoms. The van der Waals surface area contributed by atoms with Gasteiger partial charge in [0.05, 0.1) is 17.0 Å². The third-order valence-corrected chi connectivity index (χ3v) is 5.61. The average molecular weight is 355 g/mol. The molecule has 1 aromatic heterocycles. The van der Waals surface area contributed by atoms with Gasteiger partial charge in [-0.15, -0.1) is 0 Å². The average Bonchev–Trinajstić information content (AvgIpc) is 3.20. The van der Waals surface area contributed by atoms with Crippen LogP contribution in [0.15, 0.2) is 29.1 Å². The molecule has 138 valence electrons. The zero-order chi connectivity index (χ0) is 17.9. The molecule has 1 aromatic carbocycles. The molecule has 3 atom stereocenters. The van der Waals surface area contributed by atoms with Crippen LogP contribution < -0.4 is 10.9 Å². The van der Waals surface area contributed by atoms with Gasteiger partial charge in [0.15, 0.2) is 0 Å². The standard InChI is InChI=1S/C20H25N3O3/c24-19(21-12-13-6-5-11-26-13)15-8-2-1-7-14(15)18-22-17-10-4-3-9-16(17)20(25)23-18/h3-4,9-10,13-15H,1-2,5-8,11-12H2,(H,21,24)(H,22,23,25). The van der Waals surface area contributed by atoms with E-state index in [4.69, 9.17) is 4.74 Å². The fourth-order valence-corrected chi connectivity index (χ4v) is 4.20. The normalized spacial score (nSPS) is 26.1. The molecule has 6 nitrogen and oxygen atoms in total. The molecule has 3 unspecified atom stereocenters. The van der Waals surface area contributed by atoms with E-state index in [0.29, 0.717) is 23.3 Å². The van der Waals surface area contributed by atoms with Crippen LogP contribution >= 0.6 is 0 Å². The molecule has 2 N–H and O–H groups in total. The molecule has 2 fully saturated rings. The Morgan fingerprint density at radius 3 is 2.88 bits per heavy atom. The number of nitrogens with zero attached hydrogens (tertiary/aromatic N) is 1. The summed E-state index contributed by atoms with van der Waals surface area (Å²) in [5.41, 5.74) is 0.560. The third-order valence-electron chi connectivity index (χ3n) is 5.61. The number of carbonyl (C=O) groups is 1. The Kier molecular flexibility index (Phi) is 5.02. The summed E-state index contributed by atoms with van der Waals surface area (Å²) in [5, 5.41) is 3.65. The van der Waals surface area contributed by atoms with Crippen molar-refractivity contribution in [2.24, 2.45) is 5.92 Å². The first kappa shape index (κ1) is 17.2. The summed E-state index contributed by atoms with van der Waals surface area (Å²) in [4.78, 5) is 32.8. The largest absolute Gasteiger partial charge is 0.376 e. The Morgan fingerprint density at radius 1 is 1.19 bits per heavy atom. The van der Waals surface area contributed by atoms with E-state index in [1.54, 1.807) is 6.07 Å². The maximum atomic E-state index is 12.8. The van der Waals surface area contributed by atoms with Crippen molar-refractivity contribution in [3.05, 3.63) is 40.4 Å². The number of hydrogen-bond donors (Lipinski definition) is 2. The lowest BCUT2D eigenvalue weighted by Crippen LogP contribution is -2.40. The first-order valence-corrected chi connectivity index (χ1v) is 9.60. The number of nitrogens with one attached hydrogen (secondary N) is 2. The van der Waals surface area contributed by atoms with E-state index in [1.165, 1.54) is 0 Å².